The molecule has 148 valence electrons. The minimum absolute atomic E-state index is 0.0616. The second kappa shape index (κ2) is 5.53. The molecule has 0 radical (unpaired) electrons. The van der Waals surface area contributed by atoms with Gasteiger partial charge in [-0.1, -0.05) is 40.7 Å². The van der Waals surface area contributed by atoms with E-state index in [1.807, 2.05) is 27.7 Å². The van der Waals surface area contributed by atoms with Gasteiger partial charge in [0, 0.05) is 23.4 Å². The Balaban J connectivity index is 2.06. The number of aliphatic hydroxyl groups is 1. The number of hydrogen-bond donors (Lipinski definition) is 1. The van der Waals surface area contributed by atoms with Crippen LogP contribution in [0, 0.1) is 22.7 Å². The molecule has 1 N–H and O–H groups in total. The molecule has 0 bridgehead atoms. The SMILES string of the molecule is CC1=C[C@@]2(CO[Si](C)(C)C(C)(C)C)COC3(C)[C@H](O)[C@H](C)[C@@](C)(C1=O)[C@H]32. The summed E-state index contributed by atoms with van der Waals surface area (Å²) in [5.74, 6) is -0.0408. The summed E-state index contributed by atoms with van der Waals surface area (Å²) in [5.41, 5.74) is -0.864. The van der Waals surface area contributed by atoms with Crippen molar-refractivity contribution in [2.75, 3.05) is 13.2 Å². The van der Waals surface area contributed by atoms with E-state index in [1.165, 1.54) is 0 Å². The zero-order valence-electron chi connectivity index (χ0n) is 17.9. The van der Waals surface area contributed by atoms with Gasteiger partial charge in [0.05, 0.1) is 18.3 Å². The minimum Gasteiger partial charge on any atom is -0.416 e. The van der Waals surface area contributed by atoms with Gasteiger partial charge in [0.25, 0.3) is 0 Å². The number of allylic oxidation sites excluding steroid dienone is 1. The van der Waals surface area contributed by atoms with Crippen LogP contribution in [0.25, 0.3) is 0 Å². The summed E-state index contributed by atoms with van der Waals surface area (Å²) >= 11 is 0. The van der Waals surface area contributed by atoms with Crippen LogP contribution in [-0.2, 0) is 14.0 Å². The van der Waals surface area contributed by atoms with Crippen molar-refractivity contribution in [3.05, 3.63) is 11.6 Å². The number of hydrogen-bond acceptors (Lipinski definition) is 4. The topological polar surface area (TPSA) is 55.8 Å². The van der Waals surface area contributed by atoms with E-state index in [2.05, 4.69) is 39.9 Å². The van der Waals surface area contributed by atoms with Gasteiger partial charge in [-0.15, -0.1) is 0 Å². The van der Waals surface area contributed by atoms with Crippen molar-refractivity contribution in [3.8, 4) is 0 Å². The summed E-state index contributed by atoms with van der Waals surface area (Å²) in [6, 6.07) is 0. The highest BCUT2D eigenvalue weighted by molar-refractivity contribution is 6.74. The van der Waals surface area contributed by atoms with Gasteiger partial charge in [0.1, 0.15) is 0 Å². The predicted octanol–water partition coefficient (Wildman–Crippen LogP) is 3.95. The Bertz CT molecular complexity index is 663. The van der Waals surface area contributed by atoms with Crippen molar-refractivity contribution in [2.24, 2.45) is 22.7 Å². The van der Waals surface area contributed by atoms with Crippen LogP contribution in [0.1, 0.15) is 48.5 Å². The van der Waals surface area contributed by atoms with Crippen molar-refractivity contribution in [1.29, 1.82) is 0 Å². The number of ketones is 1. The lowest BCUT2D eigenvalue weighted by Gasteiger charge is -2.48. The first-order valence-electron chi connectivity index (χ1n) is 9.84. The second-order valence-corrected chi connectivity index (χ2v) is 15.7. The van der Waals surface area contributed by atoms with Crippen molar-refractivity contribution < 1.29 is 19.1 Å². The van der Waals surface area contributed by atoms with Crippen molar-refractivity contribution in [3.63, 3.8) is 0 Å². The molecule has 0 aromatic carbocycles. The molecule has 3 aliphatic rings. The van der Waals surface area contributed by atoms with Crippen LogP contribution in [0.2, 0.25) is 18.1 Å². The summed E-state index contributed by atoms with van der Waals surface area (Å²) in [5, 5.41) is 11.1. The summed E-state index contributed by atoms with van der Waals surface area (Å²) < 4.78 is 12.9. The summed E-state index contributed by atoms with van der Waals surface area (Å²) in [4.78, 5) is 13.2. The number of aliphatic hydroxyl groups excluding tert-OH is 1. The Morgan fingerprint density at radius 2 is 1.92 bits per heavy atom. The molecule has 26 heavy (non-hydrogen) atoms. The van der Waals surface area contributed by atoms with E-state index in [0.29, 0.717) is 13.2 Å². The van der Waals surface area contributed by atoms with Crippen LogP contribution in [0.5, 0.6) is 0 Å². The maximum absolute atomic E-state index is 13.2. The Morgan fingerprint density at radius 3 is 2.46 bits per heavy atom. The molecule has 0 aromatic rings. The molecule has 5 heteroatoms. The van der Waals surface area contributed by atoms with E-state index in [-0.39, 0.29) is 28.1 Å². The Morgan fingerprint density at radius 1 is 1.35 bits per heavy atom. The monoisotopic (exact) mass is 380 g/mol. The number of rotatable bonds is 3. The van der Waals surface area contributed by atoms with E-state index in [4.69, 9.17) is 9.16 Å². The number of carbonyl (C=O) groups is 1. The maximum Gasteiger partial charge on any atom is 0.192 e. The highest BCUT2D eigenvalue weighted by Gasteiger charge is 2.75. The summed E-state index contributed by atoms with van der Waals surface area (Å²) in [6.07, 6.45) is 1.46. The van der Waals surface area contributed by atoms with E-state index in [0.717, 1.165) is 5.57 Å². The van der Waals surface area contributed by atoms with Gasteiger partial charge in [0.15, 0.2) is 14.1 Å². The molecule has 1 saturated heterocycles. The molecule has 1 heterocycles. The maximum atomic E-state index is 13.2. The Labute approximate surface area is 159 Å². The average molecular weight is 381 g/mol. The van der Waals surface area contributed by atoms with Crippen LogP contribution in [-0.4, -0.2) is 44.1 Å². The summed E-state index contributed by atoms with van der Waals surface area (Å²) in [6.45, 7) is 20.2. The molecule has 1 aliphatic heterocycles. The van der Waals surface area contributed by atoms with Crippen LogP contribution in [0.3, 0.4) is 0 Å². The smallest absolute Gasteiger partial charge is 0.192 e. The molecule has 0 spiro atoms. The van der Waals surface area contributed by atoms with Gasteiger partial charge in [-0.3, -0.25) is 4.79 Å². The third-order valence-corrected chi connectivity index (χ3v) is 12.7. The van der Waals surface area contributed by atoms with Gasteiger partial charge >= 0.3 is 0 Å². The molecule has 1 saturated carbocycles. The lowest BCUT2D eigenvalue weighted by atomic mass is 9.55. The molecule has 3 rings (SSSR count). The van der Waals surface area contributed by atoms with Gasteiger partial charge in [0.2, 0.25) is 0 Å². The van der Waals surface area contributed by atoms with Crippen molar-refractivity contribution in [2.45, 2.75) is 78.3 Å². The zero-order chi connectivity index (χ0) is 19.9. The Kier molecular flexibility index (Phi) is 4.30. The normalized spacial score (nSPS) is 45.7. The highest BCUT2D eigenvalue weighted by atomic mass is 28.4. The second-order valence-electron chi connectivity index (χ2n) is 10.9. The fraction of sp³-hybridized carbons (Fsp3) is 0.857. The third-order valence-electron chi connectivity index (χ3n) is 8.27. The van der Waals surface area contributed by atoms with Gasteiger partial charge in [-0.05, 0) is 43.5 Å². The first-order valence-corrected chi connectivity index (χ1v) is 12.7. The largest absolute Gasteiger partial charge is 0.416 e. The quantitative estimate of drug-likeness (QED) is 0.753. The van der Waals surface area contributed by atoms with E-state index >= 15 is 0 Å². The van der Waals surface area contributed by atoms with Crippen LogP contribution in [0.15, 0.2) is 11.6 Å². The fourth-order valence-electron chi connectivity index (χ4n) is 5.65. The molecule has 1 unspecified atom stereocenters. The Hall–Kier alpha value is -0.493. The third kappa shape index (κ3) is 2.33. The molecular formula is C21H36O4Si. The molecule has 0 aromatic heterocycles. The molecule has 2 fully saturated rings. The van der Waals surface area contributed by atoms with Crippen LogP contribution >= 0.6 is 0 Å². The summed E-state index contributed by atoms with van der Waals surface area (Å²) in [7, 11) is -1.93. The van der Waals surface area contributed by atoms with Gasteiger partial charge < -0.3 is 14.3 Å². The lowest BCUT2D eigenvalue weighted by Crippen LogP contribution is -2.54. The van der Waals surface area contributed by atoms with Crippen molar-refractivity contribution >= 4 is 14.1 Å². The fourth-order valence-corrected chi connectivity index (χ4v) is 6.71. The van der Waals surface area contributed by atoms with Gasteiger partial charge in [-0.25, -0.2) is 0 Å². The van der Waals surface area contributed by atoms with E-state index in [9.17, 15) is 9.90 Å². The van der Waals surface area contributed by atoms with Gasteiger partial charge in [-0.2, -0.15) is 0 Å². The number of carbonyl (C=O) groups excluding carboxylic acids is 1. The predicted molar refractivity (Wildman–Crippen MR) is 105 cm³/mol. The standard InChI is InChI=1S/C21H36O4Si/c1-13-10-21(12-25-26(8,9)18(3,4)5)11-24-20(7)16(23)14(2)19(6,15(13)22)17(20)21/h10,14,16-17,23H,11-12H2,1-9H3/t14-,16+,17+,19-,20?,21-/m0/s1. The van der Waals surface area contributed by atoms with E-state index in [1.54, 1.807) is 0 Å². The molecule has 4 nitrogen and oxygen atoms in total. The van der Waals surface area contributed by atoms with Crippen LogP contribution < -0.4 is 0 Å². The van der Waals surface area contributed by atoms with Crippen LogP contribution in [0.4, 0.5) is 0 Å². The number of Topliss-reactive ketones (excluding diaryl/α,β-unsaturated/α-hetero) is 1. The molecule has 6 atom stereocenters. The molecule has 0 amide bonds. The molecule has 2 aliphatic carbocycles. The van der Waals surface area contributed by atoms with E-state index < -0.39 is 25.4 Å². The number of ether oxygens (including phenoxy) is 1. The van der Waals surface area contributed by atoms with Crippen molar-refractivity contribution in [1.82, 2.24) is 0 Å². The minimum atomic E-state index is -1.93. The first-order chi connectivity index (χ1) is 11.6. The lowest BCUT2D eigenvalue weighted by molar-refractivity contribution is -0.133. The highest BCUT2D eigenvalue weighted by Crippen LogP contribution is 2.67. The molecular weight excluding hydrogens is 344 g/mol. The zero-order valence-corrected chi connectivity index (χ0v) is 18.9. The average Bonchev–Trinajstić information content (AvgIpc) is 2.90. The first kappa shape index (κ1) is 20.2.